The number of hydrogen-bond acceptors (Lipinski definition) is 3. The molecule has 0 spiro atoms. The second-order valence-electron chi connectivity index (χ2n) is 8.85. The number of carbonyl (C=O) groups excluding carboxylic acids is 1. The topological polar surface area (TPSA) is 69.2 Å². The molecule has 0 aliphatic heterocycles. The number of aromatic nitrogens is 2. The Hall–Kier alpha value is -3.54. The number of para-hydroxylation sites is 1. The molecule has 6 nitrogen and oxygen atoms in total. The molecule has 1 amide bonds. The monoisotopic (exact) mass is 429 g/mol. The lowest BCUT2D eigenvalue weighted by molar-refractivity contribution is -0.115. The minimum Gasteiger partial charge on any atom is -0.464 e. The Morgan fingerprint density at radius 3 is 2.56 bits per heavy atom. The lowest BCUT2D eigenvalue weighted by atomic mass is 10.0. The SMILES string of the molecule is CC(C)c1c(NC(=O)Cc2coc3cc4c(cc23)CCC4)c(=O)n(-c2ccccc2)n1C. The fourth-order valence-electron chi connectivity index (χ4n) is 4.90. The van der Waals surface area contributed by atoms with Crippen LogP contribution in [0, 0.1) is 0 Å². The molecule has 164 valence electrons. The van der Waals surface area contributed by atoms with E-state index in [2.05, 4.69) is 17.4 Å². The van der Waals surface area contributed by atoms with Crippen molar-refractivity contribution in [2.75, 3.05) is 5.32 Å². The van der Waals surface area contributed by atoms with Crippen molar-refractivity contribution in [1.29, 1.82) is 0 Å². The summed E-state index contributed by atoms with van der Waals surface area (Å²) in [6.45, 7) is 4.04. The third-order valence-corrected chi connectivity index (χ3v) is 6.34. The summed E-state index contributed by atoms with van der Waals surface area (Å²) in [5, 5.41) is 3.90. The Morgan fingerprint density at radius 1 is 1.12 bits per heavy atom. The summed E-state index contributed by atoms with van der Waals surface area (Å²) in [5.74, 6) is -0.164. The van der Waals surface area contributed by atoms with Crippen LogP contribution < -0.4 is 10.9 Å². The van der Waals surface area contributed by atoms with Gasteiger partial charge in [0.25, 0.3) is 5.56 Å². The van der Waals surface area contributed by atoms with Crippen LogP contribution in [0.1, 0.15) is 48.6 Å². The number of hydrogen-bond donors (Lipinski definition) is 1. The first kappa shape index (κ1) is 20.4. The van der Waals surface area contributed by atoms with E-state index in [-0.39, 0.29) is 23.8 Å². The summed E-state index contributed by atoms with van der Waals surface area (Å²) in [5.41, 5.74) is 6.02. The second-order valence-corrected chi connectivity index (χ2v) is 8.85. The Bertz CT molecular complexity index is 1370. The summed E-state index contributed by atoms with van der Waals surface area (Å²) in [6.07, 6.45) is 5.14. The normalized spacial score (nSPS) is 13.1. The average molecular weight is 430 g/mol. The molecular weight excluding hydrogens is 402 g/mol. The van der Waals surface area contributed by atoms with Crippen LogP contribution in [0.3, 0.4) is 0 Å². The number of benzene rings is 2. The van der Waals surface area contributed by atoms with Crippen molar-refractivity contribution in [2.45, 2.75) is 45.4 Å². The highest BCUT2D eigenvalue weighted by atomic mass is 16.3. The quantitative estimate of drug-likeness (QED) is 0.499. The van der Waals surface area contributed by atoms with Crippen LogP contribution in [0.2, 0.25) is 0 Å². The molecule has 0 atom stereocenters. The fourth-order valence-corrected chi connectivity index (χ4v) is 4.90. The summed E-state index contributed by atoms with van der Waals surface area (Å²) in [4.78, 5) is 26.3. The van der Waals surface area contributed by atoms with Gasteiger partial charge < -0.3 is 9.73 Å². The predicted octanol–water partition coefficient (Wildman–Crippen LogP) is 4.72. The molecule has 1 N–H and O–H groups in total. The molecule has 1 aliphatic rings. The van der Waals surface area contributed by atoms with Crippen LogP contribution in [-0.2, 0) is 31.1 Å². The largest absolute Gasteiger partial charge is 0.464 e. The van der Waals surface area contributed by atoms with Gasteiger partial charge in [-0.05, 0) is 60.6 Å². The number of nitrogens with one attached hydrogen (secondary N) is 1. The molecule has 0 radical (unpaired) electrons. The number of anilines is 1. The van der Waals surface area contributed by atoms with E-state index in [1.165, 1.54) is 11.1 Å². The third-order valence-electron chi connectivity index (χ3n) is 6.34. The molecule has 0 fully saturated rings. The Balaban J connectivity index is 1.47. The molecule has 0 saturated carbocycles. The third kappa shape index (κ3) is 3.36. The highest BCUT2D eigenvalue weighted by Crippen LogP contribution is 2.31. The fraction of sp³-hybridized carbons (Fsp3) is 0.308. The Morgan fingerprint density at radius 2 is 1.84 bits per heavy atom. The van der Waals surface area contributed by atoms with E-state index in [0.29, 0.717) is 5.69 Å². The number of aryl methyl sites for hydroxylation is 2. The molecule has 32 heavy (non-hydrogen) atoms. The van der Waals surface area contributed by atoms with Crippen LogP contribution >= 0.6 is 0 Å². The molecule has 0 bridgehead atoms. The predicted molar refractivity (Wildman–Crippen MR) is 126 cm³/mol. The summed E-state index contributed by atoms with van der Waals surface area (Å²) < 4.78 is 9.17. The van der Waals surface area contributed by atoms with Crippen molar-refractivity contribution in [1.82, 2.24) is 9.36 Å². The second kappa shape index (κ2) is 7.86. The van der Waals surface area contributed by atoms with Gasteiger partial charge in [0.05, 0.1) is 24.1 Å². The maximum Gasteiger partial charge on any atom is 0.295 e. The van der Waals surface area contributed by atoms with Crippen molar-refractivity contribution < 1.29 is 9.21 Å². The first-order chi connectivity index (χ1) is 15.4. The minimum absolute atomic E-state index is 0.0605. The van der Waals surface area contributed by atoms with Crippen molar-refractivity contribution >= 4 is 22.6 Å². The summed E-state index contributed by atoms with van der Waals surface area (Å²) >= 11 is 0. The van der Waals surface area contributed by atoms with Gasteiger partial charge in [-0.3, -0.25) is 14.3 Å². The number of nitrogens with zero attached hydrogens (tertiary/aromatic N) is 2. The van der Waals surface area contributed by atoms with Gasteiger partial charge >= 0.3 is 0 Å². The Kier molecular flexibility index (Phi) is 5.00. The van der Waals surface area contributed by atoms with E-state index in [0.717, 1.165) is 47.2 Å². The van der Waals surface area contributed by atoms with E-state index in [9.17, 15) is 9.59 Å². The van der Waals surface area contributed by atoms with Gasteiger partial charge in [0.2, 0.25) is 5.91 Å². The number of fused-ring (bicyclic) bond motifs is 2. The maximum absolute atomic E-state index is 13.3. The van der Waals surface area contributed by atoms with Gasteiger partial charge in [-0.15, -0.1) is 0 Å². The van der Waals surface area contributed by atoms with Crippen molar-refractivity contribution in [3.8, 4) is 5.69 Å². The number of carbonyl (C=O) groups is 1. The lowest BCUT2D eigenvalue weighted by Crippen LogP contribution is -2.23. The van der Waals surface area contributed by atoms with Gasteiger partial charge in [0, 0.05) is 18.0 Å². The van der Waals surface area contributed by atoms with Crippen molar-refractivity contribution in [3.63, 3.8) is 0 Å². The van der Waals surface area contributed by atoms with E-state index in [1.807, 2.05) is 55.9 Å². The van der Waals surface area contributed by atoms with Crippen LogP contribution in [0.25, 0.3) is 16.7 Å². The number of amides is 1. The molecule has 0 unspecified atom stereocenters. The van der Waals surface area contributed by atoms with Crippen LogP contribution in [0.5, 0.6) is 0 Å². The van der Waals surface area contributed by atoms with Crippen LogP contribution in [-0.4, -0.2) is 15.3 Å². The molecule has 2 aromatic carbocycles. The van der Waals surface area contributed by atoms with Gasteiger partial charge in [0.15, 0.2) is 0 Å². The zero-order chi connectivity index (χ0) is 22.4. The lowest BCUT2D eigenvalue weighted by Gasteiger charge is -2.12. The van der Waals surface area contributed by atoms with Gasteiger partial charge in [-0.2, -0.15) is 0 Å². The van der Waals surface area contributed by atoms with Crippen LogP contribution in [0.4, 0.5) is 5.69 Å². The summed E-state index contributed by atoms with van der Waals surface area (Å²) in [7, 11) is 1.85. The number of furan rings is 1. The van der Waals surface area contributed by atoms with Gasteiger partial charge in [0.1, 0.15) is 11.3 Å². The molecule has 6 heteroatoms. The first-order valence-corrected chi connectivity index (χ1v) is 11.1. The minimum atomic E-state index is -0.231. The maximum atomic E-state index is 13.3. The number of rotatable bonds is 5. The van der Waals surface area contributed by atoms with Gasteiger partial charge in [-0.25, -0.2) is 4.68 Å². The molecule has 1 aliphatic carbocycles. The van der Waals surface area contributed by atoms with E-state index in [4.69, 9.17) is 4.42 Å². The first-order valence-electron chi connectivity index (χ1n) is 11.1. The Labute approximate surface area is 186 Å². The van der Waals surface area contributed by atoms with Gasteiger partial charge in [-0.1, -0.05) is 32.0 Å². The average Bonchev–Trinajstić information content (AvgIpc) is 3.44. The molecule has 2 heterocycles. The zero-order valence-corrected chi connectivity index (χ0v) is 18.6. The molecule has 4 aromatic rings. The molecule has 2 aromatic heterocycles. The smallest absolute Gasteiger partial charge is 0.295 e. The van der Waals surface area contributed by atoms with Crippen molar-refractivity contribution in [3.05, 3.63) is 81.5 Å². The highest BCUT2D eigenvalue weighted by molar-refractivity contribution is 5.96. The van der Waals surface area contributed by atoms with E-state index in [1.54, 1.807) is 10.9 Å². The van der Waals surface area contributed by atoms with E-state index < -0.39 is 0 Å². The van der Waals surface area contributed by atoms with E-state index >= 15 is 0 Å². The molecular formula is C26H27N3O3. The van der Waals surface area contributed by atoms with Crippen molar-refractivity contribution in [2.24, 2.45) is 7.05 Å². The summed E-state index contributed by atoms with van der Waals surface area (Å²) in [6, 6.07) is 13.7. The molecule has 0 saturated heterocycles. The van der Waals surface area contributed by atoms with Crippen LogP contribution in [0.15, 0.2) is 57.9 Å². The molecule has 5 rings (SSSR count). The highest BCUT2D eigenvalue weighted by Gasteiger charge is 2.24. The zero-order valence-electron chi connectivity index (χ0n) is 18.6. The standard InChI is InChI=1S/C26H27N3O3/c1-16(2)25-24(26(31)29(28(25)3)20-10-5-4-6-11-20)27-23(30)14-19-15-32-22-13-18-9-7-8-17(18)12-21(19)22/h4-6,10-13,15-16H,7-9,14H2,1-3H3,(H,27,30).